The van der Waals surface area contributed by atoms with Crippen LogP contribution in [0.5, 0.6) is 5.75 Å². The summed E-state index contributed by atoms with van der Waals surface area (Å²) in [7, 11) is 1.67. The number of aliphatic imine (C=N–C) groups is 1. The minimum absolute atomic E-state index is 0.842. The predicted molar refractivity (Wildman–Crippen MR) is 117 cm³/mol. The molecule has 0 spiro atoms. The van der Waals surface area contributed by atoms with Crippen molar-refractivity contribution in [2.75, 3.05) is 7.11 Å². The number of methoxy groups -OCH3 is 1. The van der Waals surface area contributed by atoms with Gasteiger partial charge in [-0.05, 0) is 53.5 Å². The van der Waals surface area contributed by atoms with Gasteiger partial charge in [0.1, 0.15) is 10.8 Å². The van der Waals surface area contributed by atoms with Crippen LogP contribution in [0.3, 0.4) is 0 Å². The molecule has 0 radical (unpaired) electrons. The molecular weight excluding hydrogens is 350 g/mol. The lowest BCUT2D eigenvalue weighted by Gasteiger charge is -2.01. The fourth-order valence-corrected chi connectivity index (χ4v) is 4.19. The monoisotopic (exact) mass is 371 g/mol. The summed E-state index contributed by atoms with van der Waals surface area (Å²) in [5.41, 5.74) is 5.94. The average Bonchev–Trinajstić information content (AvgIpc) is 3.06. The molecule has 0 saturated heterocycles. The molecule has 0 fully saturated rings. The number of hydrogen-bond donors (Lipinski definition) is 0. The normalized spacial score (nSPS) is 15.9. The Hall–Kier alpha value is -2.78. The molecule has 4 rings (SSSR count). The van der Waals surface area contributed by atoms with Crippen LogP contribution in [0.1, 0.15) is 29.2 Å². The number of fused-ring (bicyclic) bond motifs is 1. The summed E-state index contributed by atoms with van der Waals surface area (Å²) in [4.78, 5) is 6.12. The van der Waals surface area contributed by atoms with Crippen molar-refractivity contribution < 1.29 is 4.74 Å². The Bertz CT molecular complexity index is 919. The van der Waals surface area contributed by atoms with Crippen molar-refractivity contribution in [3.63, 3.8) is 0 Å². The van der Waals surface area contributed by atoms with E-state index in [9.17, 15) is 0 Å². The highest BCUT2D eigenvalue weighted by atomic mass is 32.2. The molecule has 3 heteroatoms. The number of hydrogen-bond acceptors (Lipinski definition) is 3. The quantitative estimate of drug-likeness (QED) is 0.516. The molecule has 1 aliphatic rings. The van der Waals surface area contributed by atoms with Crippen LogP contribution in [0.4, 0.5) is 5.69 Å². The van der Waals surface area contributed by atoms with Crippen LogP contribution in [0.2, 0.25) is 0 Å². The van der Waals surface area contributed by atoms with Crippen LogP contribution in [0.15, 0.2) is 77.8 Å². The molecule has 2 nitrogen and oxygen atoms in total. The van der Waals surface area contributed by atoms with E-state index in [2.05, 4.69) is 61.5 Å². The Kier molecular flexibility index (Phi) is 5.12. The minimum Gasteiger partial charge on any atom is -0.497 e. The van der Waals surface area contributed by atoms with Crippen LogP contribution in [-0.2, 0) is 6.42 Å². The number of aryl methyl sites for hydroxylation is 1. The first-order valence-electron chi connectivity index (χ1n) is 9.08. The summed E-state index contributed by atoms with van der Waals surface area (Å²) < 4.78 is 5.23. The van der Waals surface area contributed by atoms with Crippen molar-refractivity contribution in [1.82, 2.24) is 0 Å². The summed E-state index contributed by atoms with van der Waals surface area (Å²) in [5.74, 6) is 0.842. The molecule has 0 aliphatic carbocycles. The average molecular weight is 372 g/mol. The summed E-state index contributed by atoms with van der Waals surface area (Å²) in [6.07, 6.45) is 3.31. The first kappa shape index (κ1) is 17.6. The van der Waals surface area contributed by atoms with E-state index in [-0.39, 0.29) is 0 Å². The highest BCUT2D eigenvalue weighted by Crippen LogP contribution is 2.43. The van der Waals surface area contributed by atoms with Gasteiger partial charge in [0.15, 0.2) is 0 Å². The Morgan fingerprint density at radius 1 is 0.889 bits per heavy atom. The van der Waals surface area contributed by atoms with Crippen LogP contribution in [0.25, 0.3) is 11.0 Å². The van der Waals surface area contributed by atoms with Gasteiger partial charge >= 0.3 is 0 Å². The van der Waals surface area contributed by atoms with Gasteiger partial charge in [-0.3, -0.25) is 0 Å². The lowest BCUT2D eigenvalue weighted by atomic mass is 10.1. The Labute approximate surface area is 164 Å². The second kappa shape index (κ2) is 7.85. The first-order valence-corrected chi connectivity index (χ1v) is 9.89. The van der Waals surface area contributed by atoms with E-state index in [1.54, 1.807) is 18.9 Å². The molecule has 0 saturated carbocycles. The van der Waals surface area contributed by atoms with Crippen molar-refractivity contribution >= 4 is 33.5 Å². The van der Waals surface area contributed by atoms with Crippen molar-refractivity contribution in [2.24, 2.45) is 4.99 Å². The van der Waals surface area contributed by atoms with E-state index in [1.165, 1.54) is 27.2 Å². The first-order chi connectivity index (χ1) is 13.3. The minimum atomic E-state index is 0.842. The third-order valence-corrected chi connectivity index (χ3v) is 5.68. The predicted octanol–water partition coefficient (Wildman–Crippen LogP) is 6.58. The van der Waals surface area contributed by atoms with E-state index in [4.69, 9.17) is 9.73 Å². The number of benzene rings is 3. The highest BCUT2D eigenvalue weighted by molar-refractivity contribution is 8.23. The summed E-state index contributed by atoms with van der Waals surface area (Å²) >= 11 is 1.73. The van der Waals surface area contributed by atoms with Gasteiger partial charge in [0.05, 0.1) is 12.8 Å². The van der Waals surface area contributed by atoms with Gasteiger partial charge in [-0.25, -0.2) is 4.99 Å². The number of nitrogens with zero attached hydrogens (tertiary/aromatic N) is 1. The van der Waals surface area contributed by atoms with Gasteiger partial charge in [0, 0.05) is 10.5 Å². The van der Waals surface area contributed by atoms with Crippen LogP contribution in [-0.4, -0.2) is 12.2 Å². The molecule has 0 bridgehead atoms. The van der Waals surface area contributed by atoms with E-state index < -0.39 is 0 Å². The van der Waals surface area contributed by atoms with Gasteiger partial charge in [-0.2, -0.15) is 0 Å². The molecular formula is C24H21NOS. The molecule has 0 aromatic heterocycles. The Morgan fingerprint density at radius 2 is 1.59 bits per heavy atom. The zero-order valence-electron chi connectivity index (χ0n) is 15.5. The highest BCUT2D eigenvalue weighted by Gasteiger charge is 2.23. The number of ether oxygens (including phenoxy) is 1. The van der Waals surface area contributed by atoms with Gasteiger partial charge < -0.3 is 4.74 Å². The molecule has 27 heavy (non-hydrogen) atoms. The van der Waals surface area contributed by atoms with Crippen molar-refractivity contribution in [3.8, 4) is 5.75 Å². The van der Waals surface area contributed by atoms with Gasteiger partial charge in [-0.15, -0.1) is 0 Å². The van der Waals surface area contributed by atoms with Crippen LogP contribution in [0, 0.1) is 0 Å². The zero-order chi connectivity index (χ0) is 18.6. The Balaban J connectivity index is 1.69. The zero-order valence-corrected chi connectivity index (χ0v) is 16.3. The molecule has 0 unspecified atom stereocenters. The van der Waals surface area contributed by atoms with Gasteiger partial charge in [0.2, 0.25) is 0 Å². The Morgan fingerprint density at radius 3 is 2.26 bits per heavy atom. The second-order valence-corrected chi connectivity index (χ2v) is 7.40. The standard InChI is InChI=1S/C24H21NOS/c1-3-17-8-10-18(11-9-17)16-23-21-6-4-5-7-22(21)24(27-23)25-19-12-14-20(26-2)15-13-19/h4-16H,3H2,1-2H3/b23-16-,25-24?. The maximum Gasteiger partial charge on any atom is 0.119 e. The van der Waals surface area contributed by atoms with Crippen molar-refractivity contribution in [3.05, 3.63) is 95.1 Å². The molecule has 3 aromatic rings. The third-order valence-electron chi connectivity index (χ3n) is 4.62. The largest absolute Gasteiger partial charge is 0.497 e. The molecule has 0 atom stereocenters. The summed E-state index contributed by atoms with van der Waals surface area (Å²) in [5, 5.41) is 1.03. The molecule has 1 heterocycles. The molecule has 0 N–H and O–H groups in total. The van der Waals surface area contributed by atoms with Gasteiger partial charge in [0.25, 0.3) is 0 Å². The van der Waals surface area contributed by atoms with Crippen LogP contribution < -0.4 is 4.74 Å². The smallest absolute Gasteiger partial charge is 0.119 e. The fourth-order valence-electron chi connectivity index (χ4n) is 3.06. The van der Waals surface area contributed by atoms with E-state index in [0.29, 0.717) is 0 Å². The SMILES string of the molecule is CCc1ccc(/C=C2\SC(=Nc3ccc(OC)cc3)c3ccccc32)cc1. The van der Waals surface area contributed by atoms with E-state index in [0.717, 1.165) is 22.9 Å². The number of rotatable bonds is 4. The van der Waals surface area contributed by atoms with Crippen molar-refractivity contribution in [2.45, 2.75) is 13.3 Å². The molecule has 0 amide bonds. The molecule has 3 aromatic carbocycles. The van der Waals surface area contributed by atoms with Crippen LogP contribution >= 0.6 is 11.8 Å². The van der Waals surface area contributed by atoms with Gasteiger partial charge in [-0.1, -0.05) is 67.2 Å². The maximum absolute atomic E-state index is 5.23. The van der Waals surface area contributed by atoms with E-state index >= 15 is 0 Å². The van der Waals surface area contributed by atoms with E-state index in [1.807, 2.05) is 24.3 Å². The third kappa shape index (κ3) is 3.83. The summed E-state index contributed by atoms with van der Waals surface area (Å²) in [6.45, 7) is 2.18. The lowest BCUT2D eigenvalue weighted by molar-refractivity contribution is 0.415. The lowest BCUT2D eigenvalue weighted by Crippen LogP contribution is -1.89. The summed E-state index contributed by atoms with van der Waals surface area (Å²) in [6, 6.07) is 25.1. The molecule has 134 valence electrons. The molecule has 1 aliphatic heterocycles. The second-order valence-electron chi connectivity index (χ2n) is 6.37. The fraction of sp³-hybridized carbons (Fsp3) is 0.125. The van der Waals surface area contributed by atoms with Crippen molar-refractivity contribution in [1.29, 1.82) is 0 Å². The number of thioether (sulfide) groups is 1. The maximum atomic E-state index is 5.23. The topological polar surface area (TPSA) is 21.6 Å².